The summed E-state index contributed by atoms with van der Waals surface area (Å²) in [5, 5.41) is 0.828. The van der Waals surface area contributed by atoms with Crippen LogP contribution in [-0.2, 0) is 11.2 Å². The molecule has 1 heterocycles. The first kappa shape index (κ1) is 17.6. The van der Waals surface area contributed by atoms with Crippen LogP contribution in [-0.4, -0.2) is 38.4 Å². The Balaban J connectivity index is 1.65. The molecule has 0 amide bonds. The van der Waals surface area contributed by atoms with Gasteiger partial charge in [-0.3, -0.25) is 0 Å². The highest BCUT2D eigenvalue weighted by molar-refractivity contribution is 6.31. The maximum absolute atomic E-state index is 6.12. The van der Waals surface area contributed by atoms with Gasteiger partial charge in [-0.05, 0) is 56.9 Å². The highest BCUT2D eigenvalue weighted by Crippen LogP contribution is 2.22. The highest BCUT2D eigenvalue weighted by atomic mass is 35.5. The van der Waals surface area contributed by atoms with Crippen molar-refractivity contribution in [2.24, 2.45) is 0 Å². The summed E-state index contributed by atoms with van der Waals surface area (Å²) in [7, 11) is 0. The van der Waals surface area contributed by atoms with Gasteiger partial charge in [0.2, 0.25) is 0 Å². The number of halogens is 1. The zero-order valence-electron chi connectivity index (χ0n) is 14.0. The molecule has 1 aromatic carbocycles. The summed E-state index contributed by atoms with van der Waals surface area (Å²) in [5.41, 5.74) is 1.15. The molecule has 22 heavy (non-hydrogen) atoms. The molecule has 124 valence electrons. The second-order valence-electron chi connectivity index (χ2n) is 6.33. The van der Waals surface area contributed by atoms with E-state index >= 15 is 0 Å². The second kappa shape index (κ2) is 8.76. The van der Waals surface area contributed by atoms with Crippen molar-refractivity contribution in [1.82, 2.24) is 0 Å². The number of nitrogens with one attached hydrogen (secondary N) is 1. The zero-order valence-corrected chi connectivity index (χ0v) is 14.8. The molecule has 1 saturated heterocycles. The van der Waals surface area contributed by atoms with Crippen LogP contribution in [0.25, 0.3) is 0 Å². The lowest BCUT2D eigenvalue weighted by molar-refractivity contribution is -0.915. The topological polar surface area (TPSA) is 22.9 Å². The number of quaternary nitrogens is 1. The lowest BCUT2D eigenvalue weighted by Crippen LogP contribution is -3.15. The molecule has 1 N–H and O–H groups in total. The minimum Gasteiger partial charge on any atom is -0.494 e. The zero-order chi connectivity index (χ0) is 15.9. The van der Waals surface area contributed by atoms with Crippen LogP contribution in [0.5, 0.6) is 5.75 Å². The Hall–Kier alpha value is -0.770. The van der Waals surface area contributed by atoms with E-state index in [1.165, 1.54) is 13.0 Å². The first-order chi connectivity index (χ1) is 10.6. The predicted octanol–water partition coefficient (Wildman–Crippen LogP) is 2.75. The third kappa shape index (κ3) is 5.45. The van der Waals surface area contributed by atoms with E-state index < -0.39 is 0 Å². The van der Waals surface area contributed by atoms with Gasteiger partial charge in [0.15, 0.2) is 0 Å². The fourth-order valence-electron chi connectivity index (χ4n) is 3.17. The van der Waals surface area contributed by atoms with Gasteiger partial charge in [-0.15, -0.1) is 0 Å². The monoisotopic (exact) mass is 326 g/mol. The Kier molecular flexibility index (Phi) is 7.00. The number of aryl methyl sites for hydroxylation is 1. The summed E-state index contributed by atoms with van der Waals surface area (Å²) in [6.45, 7) is 10.7. The third-order valence-corrected chi connectivity index (χ3v) is 4.58. The second-order valence-corrected chi connectivity index (χ2v) is 6.74. The summed E-state index contributed by atoms with van der Waals surface area (Å²) in [6.07, 6.45) is 4.00. The summed E-state index contributed by atoms with van der Waals surface area (Å²) in [4.78, 5) is 1.66. The Bertz CT molecular complexity index is 456. The van der Waals surface area contributed by atoms with Crippen LogP contribution < -0.4 is 9.64 Å². The van der Waals surface area contributed by atoms with Crippen LogP contribution in [0.2, 0.25) is 5.02 Å². The molecule has 4 heteroatoms. The van der Waals surface area contributed by atoms with Crippen molar-refractivity contribution >= 4 is 11.6 Å². The first-order valence-electron chi connectivity index (χ1n) is 8.48. The van der Waals surface area contributed by atoms with Gasteiger partial charge in [-0.1, -0.05) is 18.5 Å². The Morgan fingerprint density at radius 1 is 1.23 bits per heavy atom. The molecule has 1 aliphatic heterocycles. The fourth-order valence-corrected chi connectivity index (χ4v) is 3.42. The van der Waals surface area contributed by atoms with Crippen LogP contribution in [0.1, 0.15) is 39.2 Å². The van der Waals surface area contributed by atoms with Gasteiger partial charge in [-0.25, -0.2) is 0 Å². The largest absolute Gasteiger partial charge is 0.494 e. The van der Waals surface area contributed by atoms with E-state index in [-0.39, 0.29) is 0 Å². The number of hydrogen-bond acceptors (Lipinski definition) is 2. The normalized spacial score (nSPS) is 25.2. The molecule has 0 aliphatic carbocycles. The van der Waals surface area contributed by atoms with Crippen LogP contribution in [0.15, 0.2) is 18.2 Å². The number of rotatable bonds is 7. The van der Waals surface area contributed by atoms with Gasteiger partial charge >= 0.3 is 0 Å². The average molecular weight is 327 g/mol. The lowest BCUT2D eigenvalue weighted by atomic mass is 10.1. The molecule has 1 aromatic rings. The number of ether oxygens (including phenoxy) is 2. The molecule has 1 unspecified atom stereocenters. The first-order valence-corrected chi connectivity index (χ1v) is 8.86. The van der Waals surface area contributed by atoms with Gasteiger partial charge in [0.1, 0.15) is 31.0 Å². The highest BCUT2D eigenvalue weighted by Gasteiger charge is 2.24. The van der Waals surface area contributed by atoms with E-state index in [1.807, 2.05) is 12.1 Å². The van der Waals surface area contributed by atoms with Crippen molar-refractivity contribution < 1.29 is 14.4 Å². The van der Waals surface area contributed by atoms with Crippen molar-refractivity contribution in [3.63, 3.8) is 0 Å². The maximum atomic E-state index is 6.12. The number of hydrogen-bond donors (Lipinski definition) is 1. The molecule has 3 nitrogen and oxygen atoms in total. The average Bonchev–Trinajstić information content (AvgIpc) is 2.47. The van der Waals surface area contributed by atoms with E-state index in [4.69, 9.17) is 21.1 Å². The lowest BCUT2D eigenvalue weighted by Gasteiger charge is -2.32. The molecule has 2 rings (SSSR count). The maximum Gasteiger partial charge on any atom is 0.119 e. The van der Waals surface area contributed by atoms with Crippen LogP contribution >= 0.6 is 11.6 Å². The molecule has 0 saturated carbocycles. The molecule has 1 fully saturated rings. The summed E-state index contributed by atoms with van der Waals surface area (Å²) in [5.74, 6) is 0.933. The van der Waals surface area contributed by atoms with E-state index in [1.54, 1.807) is 4.90 Å². The SMILES string of the molecule is CCc1cc(OCCCC[NH+]2C[C@@H](C)O[C@@H](C)C2)ccc1Cl. The van der Waals surface area contributed by atoms with Gasteiger partial charge in [0.25, 0.3) is 0 Å². The quantitative estimate of drug-likeness (QED) is 0.779. The van der Waals surface area contributed by atoms with Crippen molar-refractivity contribution in [2.45, 2.75) is 52.2 Å². The van der Waals surface area contributed by atoms with Crippen LogP contribution in [0, 0.1) is 0 Å². The Labute approximate surface area is 139 Å². The van der Waals surface area contributed by atoms with Crippen LogP contribution in [0.4, 0.5) is 0 Å². The van der Waals surface area contributed by atoms with Crippen molar-refractivity contribution in [1.29, 1.82) is 0 Å². The molecule has 0 spiro atoms. The molecule has 0 radical (unpaired) electrons. The molecule has 3 atom stereocenters. The van der Waals surface area contributed by atoms with Crippen molar-refractivity contribution in [2.75, 3.05) is 26.2 Å². The molecule has 1 aliphatic rings. The third-order valence-electron chi connectivity index (χ3n) is 4.21. The molecular weight excluding hydrogens is 298 g/mol. The minimum atomic E-state index is 0.386. The number of morpholine rings is 1. The van der Waals surface area contributed by atoms with Gasteiger partial charge in [0, 0.05) is 5.02 Å². The molecular formula is C18H29ClNO2+. The Morgan fingerprint density at radius 3 is 2.64 bits per heavy atom. The molecule has 0 aromatic heterocycles. The van der Waals surface area contributed by atoms with Gasteiger partial charge in [-0.2, -0.15) is 0 Å². The smallest absolute Gasteiger partial charge is 0.119 e. The van der Waals surface area contributed by atoms with Gasteiger partial charge < -0.3 is 14.4 Å². The summed E-state index contributed by atoms with van der Waals surface area (Å²) >= 11 is 6.12. The molecule has 0 bridgehead atoms. The predicted molar refractivity (Wildman–Crippen MR) is 91.1 cm³/mol. The van der Waals surface area contributed by atoms with Crippen molar-refractivity contribution in [3.05, 3.63) is 28.8 Å². The number of unbranched alkanes of at least 4 members (excludes halogenated alkanes) is 1. The minimum absolute atomic E-state index is 0.386. The van der Waals surface area contributed by atoms with Gasteiger partial charge in [0.05, 0.1) is 13.2 Å². The number of benzene rings is 1. The fraction of sp³-hybridized carbons (Fsp3) is 0.667. The van der Waals surface area contributed by atoms with E-state index in [0.29, 0.717) is 12.2 Å². The van der Waals surface area contributed by atoms with E-state index in [0.717, 1.165) is 48.9 Å². The Morgan fingerprint density at radius 2 is 1.95 bits per heavy atom. The van der Waals surface area contributed by atoms with E-state index in [9.17, 15) is 0 Å². The van der Waals surface area contributed by atoms with Crippen molar-refractivity contribution in [3.8, 4) is 5.75 Å². The standard InChI is InChI=1S/C18H28ClNO2/c1-4-16-11-17(7-8-18(16)19)21-10-6-5-9-20-12-14(2)22-15(3)13-20/h7-8,11,14-15H,4-6,9-10,12-13H2,1-3H3/p+1/t14-,15+. The van der Waals surface area contributed by atoms with E-state index in [2.05, 4.69) is 26.8 Å². The summed E-state index contributed by atoms with van der Waals surface area (Å²) in [6, 6.07) is 5.94. The van der Waals surface area contributed by atoms with Crippen LogP contribution in [0.3, 0.4) is 0 Å². The summed E-state index contributed by atoms with van der Waals surface area (Å²) < 4.78 is 11.6.